The smallest absolute Gasteiger partial charge is 0.239 e. The van der Waals surface area contributed by atoms with E-state index in [4.69, 9.17) is 15.2 Å². The number of ether oxygens (including phenoxy) is 1. The minimum Gasteiger partial charge on any atom is -0.388 e. The number of fused-ring (bicyclic) bond motifs is 1. The molecule has 190 valence electrons. The number of hydrogen-bond acceptors (Lipinski definition) is 7. The van der Waals surface area contributed by atoms with Gasteiger partial charge >= 0.3 is 0 Å². The van der Waals surface area contributed by atoms with Gasteiger partial charge in [-0.1, -0.05) is 0 Å². The summed E-state index contributed by atoms with van der Waals surface area (Å²) < 4.78 is 7.55. The molecule has 0 spiro atoms. The van der Waals surface area contributed by atoms with Gasteiger partial charge in [-0.25, -0.2) is 0 Å². The lowest BCUT2D eigenvalue weighted by atomic mass is 10.0. The molecular weight excluding hydrogens is 442 g/mol. The zero-order valence-electron chi connectivity index (χ0n) is 21.2. The Morgan fingerprint density at radius 2 is 2.17 bits per heavy atom. The second-order valence-corrected chi connectivity index (χ2v) is 9.48. The molecular formula is C26H39N7O2. The van der Waals surface area contributed by atoms with Gasteiger partial charge in [-0.05, 0) is 50.8 Å². The molecule has 1 aromatic heterocycles. The maximum absolute atomic E-state index is 12.2. The van der Waals surface area contributed by atoms with E-state index in [0.29, 0.717) is 19.8 Å². The highest BCUT2D eigenvalue weighted by Gasteiger charge is 2.25. The average Bonchev–Trinajstić information content (AvgIpc) is 3.20. The van der Waals surface area contributed by atoms with Crippen LogP contribution in [0.5, 0.6) is 0 Å². The van der Waals surface area contributed by atoms with Crippen molar-refractivity contribution in [2.45, 2.75) is 58.7 Å². The molecule has 0 aliphatic carbocycles. The highest BCUT2D eigenvalue weighted by Crippen LogP contribution is 2.32. The fraction of sp³-hybridized carbons (Fsp3) is 0.577. The van der Waals surface area contributed by atoms with Crippen LogP contribution in [0.15, 0.2) is 12.1 Å². The van der Waals surface area contributed by atoms with E-state index in [0.717, 1.165) is 74.5 Å². The third-order valence-corrected chi connectivity index (χ3v) is 6.98. The number of rotatable bonds is 10. The Bertz CT molecular complexity index is 1040. The molecule has 1 saturated heterocycles. The molecule has 1 atom stereocenters. The molecule has 2 aliphatic heterocycles. The summed E-state index contributed by atoms with van der Waals surface area (Å²) in [6.45, 7) is 9.40. The number of nitrogens with one attached hydrogen (secondary N) is 4. The number of unbranched alkanes of at least 4 members (excludes halogenated alkanes) is 2. The lowest BCUT2D eigenvalue weighted by molar-refractivity contribution is -0.125. The van der Waals surface area contributed by atoms with E-state index in [1.807, 2.05) is 7.05 Å². The Labute approximate surface area is 208 Å². The molecule has 1 fully saturated rings. The Kier molecular flexibility index (Phi) is 8.41. The number of hydrogen-bond donors (Lipinski definition) is 4. The SMILES string of the molecule is CNc1cc(C)cc(N2CCc3c(c(C)nn3CCCCCNC(=O)[C@@H]3COCCN3)C2)c1C=N. The third-order valence-electron chi connectivity index (χ3n) is 6.98. The summed E-state index contributed by atoms with van der Waals surface area (Å²) in [5.41, 5.74) is 7.98. The van der Waals surface area contributed by atoms with Crippen LogP contribution >= 0.6 is 0 Å². The van der Waals surface area contributed by atoms with Crippen LogP contribution in [0.1, 0.15) is 47.3 Å². The molecule has 1 aromatic carbocycles. The van der Waals surface area contributed by atoms with Gasteiger partial charge in [-0.3, -0.25) is 9.48 Å². The quantitative estimate of drug-likeness (QED) is 0.307. The largest absolute Gasteiger partial charge is 0.388 e. The summed E-state index contributed by atoms with van der Waals surface area (Å²) in [7, 11) is 1.91. The lowest BCUT2D eigenvalue weighted by Crippen LogP contribution is -2.51. The predicted molar refractivity (Wildman–Crippen MR) is 140 cm³/mol. The predicted octanol–water partition coefficient (Wildman–Crippen LogP) is 2.38. The van der Waals surface area contributed by atoms with Crippen LogP contribution in [0.2, 0.25) is 0 Å². The van der Waals surface area contributed by atoms with E-state index in [1.165, 1.54) is 23.0 Å². The third kappa shape index (κ3) is 5.85. The minimum absolute atomic E-state index is 0.0349. The zero-order chi connectivity index (χ0) is 24.8. The van der Waals surface area contributed by atoms with Gasteiger partial charge in [0.05, 0.1) is 18.9 Å². The maximum Gasteiger partial charge on any atom is 0.239 e. The van der Waals surface area contributed by atoms with E-state index in [2.05, 4.69) is 51.5 Å². The van der Waals surface area contributed by atoms with Crippen molar-refractivity contribution in [2.24, 2.45) is 0 Å². The van der Waals surface area contributed by atoms with E-state index in [-0.39, 0.29) is 11.9 Å². The number of nitrogens with zero attached hydrogens (tertiary/aromatic N) is 3. The van der Waals surface area contributed by atoms with Crippen LogP contribution in [0.4, 0.5) is 11.4 Å². The molecule has 35 heavy (non-hydrogen) atoms. The summed E-state index contributed by atoms with van der Waals surface area (Å²) in [6.07, 6.45) is 5.45. The van der Waals surface area contributed by atoms with E-state index in [9.17, 15) is 4.79 Å². The van der Waals surface area contributed by atoms with Crippen molar-refractivity contribution in [3.63, 3.8) is 0 Å². The first kappa shape index (κ1) is 25.2. The monoisotopic (exact) mass is 481 g/mol. The number of amides is 1. The van der Waals surface area contributed by atoms with Gasteiger partial charge in [0.1, 0.15) is 6.04 Å². The number of carbonyl (C=O) groups excluding carboxylic acids is 1. The van der Waals surface area contributed by atoms with Crippen LogP contribution < -0.4 is 20.9 Å². The van der Waals surface area contributed by atoms with Crippen LogP contribution in [0.3, 0.4) is 0 Å². The van der Waals surface area contributed by atoms with Crippen LogP contribution in [0, 0.1) is 19.3 Å². The van der Waals surface area contributed by atoms with Crippen LogP contribution in [-0.2, 0) is 29.0 Å². The molecule has 4 N–H and O–H groups in total. The number of benzene rings is 1. The van der Waals surface area contributed by atoms with Gasteiger partial charge in [-0.15, -0.1) is 0 Å². The van der Waals surface area contributed by atoms with Crippen molar-refractivity contribution < 1.29 is 9.53 Å². The molecule has 4 rings (SSSR count). The van der Waals surface area contributed by atoms with Gasteiger partial charge in [0, 0.05) is 80.6 Å². The van der Waals surface area contributed by atoms with E-state index >= 15 is 0 Å². The fourth-order valence-corrected chi connectivity index (χ4v) is 5.08. The van der Waals surface area contributed by atoms with Crippen LogP contribution in [0.25, 0.3) is 0 Å². The Morgan fingerprint density at radius 1 is 1.31 bits per heavy atom. The first-order valence-electron chi connectivity index (χ1n) is 12.7. The lowest BCUT2D eigenvalue weighted by Gasteiger charge is -2.32. The average molecular weight is 482 g/mol. The highest BCUT2D eigenvalue weighted by molar-refractivity contribution is 5.94. The van der Waals surface area contributed by atoms with Gasteiger partial charge in [0.15, 0.2) is 0 Å². The van der Waals surface area contributed by atoms with Gasteiger partial charge in [0.2, 0.25) is 5.91 Å². The first-order valence-corrected chi connectivity index (χ1v) is 12.7. The molecule has 0 saturated carbocycles. The van der Waals surface area contributed by atoms with Gasteiger partial charge in [-0.2, -0.15) is 5.10 Å². The number of aromatic nitrogens is 2. The molecule has 0 bridgehead atoms. The van der Waals surface area contributed by atoms with Crippen LogP contribution in [-0.4, -0.2) is 67.8 Å². The van der Waals surface area contributed by atoms with Gasteiger partial charge < -0.3 is 31.0 Å². The molecule has 3 heterocycles. The minimum atomic E-state index is -0.221. The van der Waals surface area contributed by atoms with Crippen molar-refractivity contribution in [3.8, 4) is 0 Å². The Hall–Kier alpha value is -2.91. The summed E-state index contributed by atoms with van der Waals surface area (Å²) in [5.74, 6) is 0.0349. The summed E-state index contributed by atoms with van der Waals surface area (Å²) in [4.78, 5) is 14.5. The molecule has 0 radical (unpaired) electrons. The van der Waals surface area contributed by atoms with Crippen molar-refractivity contribution >= 4 is 23.5 Å². The summed E-state index contributed by atoms with van der Waals surface area (Å²) in [6, 6.07) is 4.05. The second kappa shape index (κ2) is 11.7. The van der Waals surface area contributed by atoms with Crippen molar-refractivity contribution in [2.75, 3.05) is 50.1 Å². The zero-order valence-corrected chi connectivity index (χ0v) is 21.2. The Morgan fingerprint density at radius 3 is 2.91 bits per heavy atom. The normalized spacial score (nSPS) is 17.7. The molecule has 2 aliphatic rings. The Balaban J connectivity index is 1.30. The molecule has 9 nitrogen and oxygen atoms in total. The van der Waals surface area contributed by atoms with E-state index < -0.39 is 0 Å². The van der Waals surface area contributed by atoms with Crippen molar-refractivity contribution in [1.82, 2.24) is 20.4 Å². The molecule has 1 amide bonds. The van der Waals surface area contributed by atoms with Crippen molar-refractivity contribution in [3.05, 3.63) is 40.2 Å². The standard InChI is InChI=1S/C26H39N7O2/c1-18-13-22(28-3)20(15-27)25(14-18)32-11-7-24-21(16-32)19(2)31-33(24)10-6-4-5-8-30-26(34)23-17-35-12-9-29-23/h13-15,23,27-29H,4-12,16-17H2,1-3H3,(H,30,34)/t23-/m0/s1. The number of anilines is 2. The topological polar surface area (TPSA) is 107 Å². The molecule has 2 aromatic rings. The fourth-order valence-electron chi connectivity index (χ4n) is 5.08. The number of carbonyl (C=O) groups is 1. The van der Waals surface area contributed by atoms with Crippen molar-refractivity contribution in [1.29, 1.82) is 5.41 Å². The summed E-state index contributed by atoms with van der Waals surface area (Å²) >= 11 is 0. The highest BCUT2D eigenvalue weighted by atomic mass is 16.5. The van der Waals surface area contributed by atoms with Gasteiger partial charge in [0.25, 0.3) is 0 Å². The maximum atomic E-state index is 12.2. The summed E-state index contributed by atoms with van der Waals surface area (Å²) in [5, 5.41) is 22.3. The van der Waals surface area contributed by atoms with E-state index in [1.54, 1.807) is 0 Å². The molecule has 0 unspecified atom stereocenters. The molecule has 9 heteroatoms. The first-order chi connectivity index (χ1) is 17.0. The number of morpholine rings is 1. The second-order valence-electron chi connectivity index (χ2n) is 9.48. The number of aryl methyl sites for hydroxylation is 3.